The molecule has 1 atom stereocenters. The molecule has 0 bridgehead atoms. The Morgan fingerprint density at radius 3 is 1.29 bits per heavy atom. The second-order valence-corrected chi connectivity index (χ2v) is 14.1. The molecule has 0 aromatic carbocycles. The first-order valence-corrected chi connectivity index (χ1v) is 21.4. The van der Waals surface area contributed by atoms with Gasteiger partial charge in [-0.15, -0.1) is 0 Å². The molecule has 0 saturated carbocycles. The molecule has 1 unspecified atom stereocenters. The van der Waals surface area contributed by atoms with Gasteiger partial charge in [-0.05, 0) is 83.5 Å². The molecule has 0 radical (unpaired) electrons. The van der Waals surface area contributed by atoms with Crippen LogP contribution in [0.4, 0.5) is 0 Å². The number of carbonyl (C=O) groups is 2. The number of carbonyl (C=O) groups excluding carboxylic acids is 2. The van der Waals surface area contributed by atoms with Gasteiger partial charge >= 0.3 is 19.8 Å². The highest BCUT2D eigenvalue weighted by molar-refractivity contribution is 7.46. The number of allylic oxidation sites excluding steroid dienone is 14. The van der Waals surface area contributed by atoms with E-state index in [2.05, 4.69) is 103 Å². The SMILES string of the molecule is CC/C=C\C/C=C\C/C=C\C/C=C\CCCCCCCCC(=O)OC(COC(=O)CCCCCCC/C=C\C/C=C\C/C=C\CC)COP(=O)(O)O. The fourth-order valence-corrected chi connectivity index (χ4v) is 5.38. The lowest BCUT2D eigenvalue weighted by atomic mass is 10.1. The standard InChI is InChI=1S/C43H71O8P/c1-3-5-7-9-11-13-15-17-19-20-21-22-24-26-28-30-32-34-36-38-43(45)51-41(40-50-52(46,47)48)39-49-42(44)37-35-33-31-29-27-25-23-18-16-14-12-10-8-6-4-2/h5-8,11-14,17-19,21-23,41H,3-4,9-10,15-16,20,24-40H2,1-2H3,(H2,46,47,48)/b7-5-,8-6-,13-11-,14-12-,19-17-,22-21-,23-18-. The van der Waals surface area contributed by atoms with Crippen molar-refractivity contribution in [2.24, 2.45) is 0 Å². The first-order valence-electron chi connectivity index (χ1n) is 19.9. The molecule has 0 aliphatic rings. The second kappa shape index (κ2) is 38.0. The average Bonchev–Trinajstić information content (AvgIpc) is 3.11. The van der Waals surface area contributed by atoms with E-state index in [1.165, 1.54) is 0 Å². The van der Waals surface area contributed by atoms with Crippen LogP contribution in [0.1, 0.15) is 155 Å². The van der Waals surface area contributed by atoms with Gasteiger partial charge in [0.2, 0.25) is 0 Å². The lowest BCUT2D eigenvalue weighted by Crippen LogP contribution is -2.29. The van der Waals surface area contributed by atoms with Crippen molar-refractivity contribution in [3.8, 4) is 0 Å². The van der Waals surface area contributed by atoms with Crippen LogP contribution in [0.25, 0.3) is 0 Å². The fraction of sp³-hybridized carbons (Fsp3) is 0.628. The molecule has 0 rings (SSSR count). The number of ether oxygens (including phenoxy) is 2. The average molecular weight is 747 g/mol. The molecule has 0 amide bonds. The molecule has 0 spiro atoms. The van der Waals surface area contributed by atoms with Crippen molar-refractivity contribution in [1.29, 1.82) is 0 Å². The van der Waals surface area contributed by atoms with E-state index in [1.54, 1.807) is 0 Å². The third-order valence-electron chi connectivity index (χ3n) is 7.91. The van der Waals surface area contributed by atoms with Gasteiger partial charge in [0, 0.05) is 12.8 Å². The Balaban J connectivity index is 4.02. The molecule has 0 aliphatic heterocycles. The third kappa shape index (κ3) is 40.0. The number of esters is 2. The van der Waals surface area contributed by atoms with E-state index in [-0.39, 0.29) is 19.4 Å². The summed E-state index contributed by atoms with van der Waals surface area (Å²) in [6.07, 6.45) is 50.1. The molecule has 296 valence electrons. The monoisotopic (exact) mass is 746 g/mol. The second-order valence-electron chi connectivity index (χ2n) is 12.8. The summed E-state index contributed by atoms with van der Waals surface area (Å²) in [5, 5.41) is 0. The molecule has 2 N–H and O–H groups in total. The van der Waals surface area contributed by atoms with Crippen LogP contribution in [0.5, 0.6) is 0 Å². The number of rotatable bonds is 35. The summed E-state index contributed by atoms with van der Waals surface area (Å²) in [6.45, 7) is 3.42. The Labute approximate surface area is 316 Å². The lowest BCUT2D eigenvalue weighted by Gasteiger charge is -2.18. The Hall–Kier alpha value is -2.77. The van der Waals surface area contributed by atoms with Gasteiger partial charge < -0.3 is 19.3 Å². The van der Waals surface area contributed by atoms with Crippen LogP contribution in [-0.2, 0) is 28.2 Å². The van der Waals surface area contributed by atoms with Crippen LogP contribution >= 0.6 is 7.82 Å². The van der Waals surface area contributed by atoms with Crippen LogP contribution in [0, 0.1) is 0 Å². The van der Waals surface area contributed by atoms with E-state index >= 15 is 0 Å². The van der Waals surface area contributed by atoms with Gasteiger partial charge in [-0.3, -0.25) is 14.1 Å². The Bertz CT molecular complexity index is 1110. The molecule has 0 aliphatic carbocycles. The van der Waals surface area contributed by atoms with Gasteiger partial charge in [-0.25, -0.2) is 4.57 Å². The summed E-state index contributed by atoms with van der Waals surface area (Å²) < 4.78 is 26.3. The van der Waals surface area contributed by atoms with Crippen LogP contribution in [-0.4, -0.2) is 41.0 Å². The summed E-state index contributed by atoms with van der Waals surface area (Å²) in [4.78, 5) is 42.8. The predicted molar refractivity (Wildman–Crippen MR) is 216 cm³/mol. The van der Waals surface area contributed by atoms with Crippen LogP contribution in [0.15, 0.2) is 85.1 Å². The molecule has 8 nitrogen and oxygen atoms in total. The maximum absolute atomic E-state index is 12.4. The normalized spacial score (nSPS) is 13.4. The Morgan fingerprint density at radius 1 is 0.500 bits per heavy atom. The number of hydrogen-bond donors (Lipinski definition) is 2. The van der Waals surface area contributed by atoms with Crippen molar-refractivity contribution in [2.45, 2.75) is 161 Å². The summed E-state index contributed by atoms with van der Waals surface area (Å²) >= 11 is 0. The van der Waals surface area contributed by atoms with Crippen molar-refractivity contribution in [2.75, 3.05) is 13.2 Å². The zero-order chi connectivity index (χ0) is 38.2. The summed E-state index contributed by atoms with van der Waals surface area (Å²) in [7, 11) is -4.77. The molecule has 52 heavy (non-hydrogen) atoms. The molecule has 0 aromatic rings. The number of phosphoric ester groups is 1. The lowest BCUT2D eigenvalue weighted by molar-refractivity contribution is -0.161. The van der Waals surface area contributed by atoms with Gasteiger partial charge in [0.1, 0.15) is 6.61 Å². The first-order chi connectivity index (χ1) is 25.3. The highest BCUT2D eigenvalue weighted by atomic mass is 31.2. The van der Waals surface area contributed by atoms with Crippen molar-refractivity contribution in [3.05, 3.63) is 85.1 Å². The van der Waals surface area contributed by atoms with Crippen LogP contribution in [0.2, 0.25) is 0 Å². The minimum atomic E-state index is -4.77. The van der Waals surface area contributed by atoms with E-state index in [1.807, 2.05) is 0 Å². The zero-order valence-corrected chi connectivity index (χ0v) is 33.3. The Morgan fingerprint density at radius 2 is 0.865 bits per heavy atom. The largest absolute Gasteiger partial charge is 0.469 e. The zero-order valence-electron chi connectivity index (χ0n) is 32.4. The number of hydrogen-bond acceptors (Lipinski definition) is 6. The van der Waals surface area contributed by atoms with Gasteiger partial charge in [0.05, 0.1) is 6.61 Å². The van der Waals surface area contributed by atoms with Crippen LogP contribution in [0.3, 0.4) is 0 Å². The maximum atomic E-state index is 12.4. The highest BCUT2D eigenvalue weighted by Gasteiger charge is 2.22. The summed E-state index contributed by atoms with van der Waals surface area (Å²) in [6, 6.07) is 0. The van der Waals surface area contributed by atoms with E-state index < -0.39 is 32.5 Å². The third-order valence-corrected chi connectivity index (χ3v) is 8.39. The predicted octanol–water partition coefficient (Wildman–Crippen LogP) is 12.1. The number of unbranched alkanes of at least 4 members (excludes halogenated alkanes) is 11. The van der Waals surface area contributed by atoms with Gasteiger partial charge in [0.15, 0.2) is 6.10 Å². The van der Waals surface area contributed by atoms with E-state index in [0.717, 1.165) is 116 Å². The van der Waals surface area contributed by atoms with Crippen molar-refractivity contribution in [3.63, 3.8) is 0 Å². The minimum Gasteiger partial charge on any atom is -0.462 e. The summed E-state index contributed by atoms with van der Waals surface area (Å²) in [5.41, 5.74) is 0. The first kappa shape index (κ1) is 49.2. The van der Waals surface area contributed by atoms with E-state index in [9.17, 15) is 14.2 Å². The number of phosphoric acid groups is 1. The topological polar surface area (TPSA) is 119 Å². The fourth-order valence-electron chi connectivity index (χ4n) is 5.02. The highest BCUT2D eigenvalue weighted by Crippen LogP contribution is 2.36. The molecule has 0 fully saturated rings. The van der Waals surface area contributed by atoms with Crippen LogP contribution < -0.4 is 0 Å². The smallest absolute Gasteiger partial charge is 0.462 e. The van der Waals surface area contributed by atoms with Crippen molar-refractivity contribution < 1.29 is 37.9 Å². The van der Waals surface area contributed by atoms with E-state index in [4.69, 9.17) is 19.3 Å². The quantitative estimate of drug-likeness (QED) is 0.0285. The molecule has 9 heteroatoms. The minimum absolute atomic E-state index is 0.187. The van der Waals surface area contributed by atoms with Crippen molar-refractivity contribution in [1.82, 2.24) is 0 Å². The van der Waals surface area contributed by atoms with Gasteiger partial charge in [-0.1, -0.05) is 144 Å². The Kier molecular flexibility index (Phi) is 35.9. The van der Waals surface area contributed by atoms with Crippen molar-refractivity contribution >= 4 is 19.8 Å². The van der Waals surface area contributed by atoms with Gasteiger partial charge in [0.25, 0.3) is 0 Å². The molecular weight excluding hydrogens is 675 g/mol. The molecule has 0 saturated heterocycles. The molecule has 0 heterocycles. The van der Waals surface area contributed by atoms with Gasteiger partial charge in [-0.2, -0.15) is 0 Å². The maximum Gasteiger partial charge on any atom is 0.469 e. The molecular formula is C43H71O8P. The molecule has 0 aromatic heterocycles. The summed E-state index contributed by atoms with van der Waals surface area (Å²) in [5.74, 6) is -0.929. The van der Waals surface area contributed by atoms with E-state index in [0.29, 0.717) is 12.8 Å².